The van der Waals surface area contributed by atoms with Crippen LogP contribution in [0, 0.1) is 23.7 Å². The van der Waals surface area contributed by atoms with Crippen molar-refractivity contribution in [2.75, 3.05) is 56.2 Å². The number of fused-ring (bicyclic) bond motifs is 2. The first-order chi connectivity index (χ1) is 29.6. The molecule has 0 radical (unpaired) electrons. The van der Waals surface area contributed by atoms with Crippen LogP contribution in [0.25, 0.3) is 16.7 Å². The number of imide groups is 1. The molecule has 0 spiro atoms. The Balaban J connectivity index is 0.768. The van der Waals surface area contributed by atoms with Crippen LogP contribution in [0.3, 0.4) is 0 Å². The molecule has 3 amide bonds. The number of ether oxygens (including phenoxy) is 1. The second kappa shape index (κ2) is 17.2. The van der Waals surface area contributed by atoms with E-state index in [1.165, 1.54) is 19.8 Å². The molecule has 2 N–H and O–H groups in total. The molecule has 320 valence electrons. The van der Waals surface area contributed by atoms with Gasteiger partial charge in [0.15, 0.2) is 11.3 Å². The van der Waals surface area contributed by atoms with E-state index in [0.717, 1.165) is 63.6 Å². The van der Waals surface area contributed by atoms with Gasteiger partial charge >= 0.3 is 5.69 Å². The zero-order valence-corrected chi connectivity index (χ0v) is 34.1. The Morgan fingerprint density at radius 3 is 2.52 bits per heavy atom. The highest BCUT2D eigenvalue weighted by atomic mass is 19.3. The van der Waals surface area contributed by atoms with Crippen LogP contribution in [0.1, 0.15) is 97.9 Å². The first kappa shape index (κ1) is 40.5. The molecule has 1 unspecified atom stereocenters. The number of anilines is 2. The lowest BCUT2D eigenvalue weighted by atomic mass is 9.78. The number of morpholine rings is 1. The SMILES string of the molecule is Cn1c(=O)n(C2CCC(=O)NC2=O)c2cccc(C#CCN3CCC(CC4CCC(n5cc(NC(=O)c6cnn7ccc(N8CCOCC8)nc67)c(C(F)F)n5)CC4)CC3)c21. The van der Waals surface area contributed by atoms with E-state index in [9.17, 15) is 28.0 Å². The van der Waals surface area contributed by atoms with Crippen molar-refractivity contribution < 1.29 is 27.9 Å². The fourth-order valence-corrected chi connectivity index (χ4v) is 9.54. The van der Waals surface area contributed by atoms with E-state index in [4.69, 9.17) is 4.74 Å². The quantitative estimate of drug-likeness (QED) is 0.160. The van der Waals surface area contributed by atoms with Crippen LogP contribution in [0.4, 0.5) is 20.3 Å². The van der Waals surface area contributed by atoms with Gasteiger partial charge in [-0.25, -0.2) is 23.1 Å². The summed E-state index contributed by atoms with van der Waals surface area (Å²) >= 11 is 0. The molecule has 7 heterocycles. The maximum Gasteiger partial charge on any atom is 0.329 e. The van der Waals surface area contributed by atoms with E-state index < -0.39 is 30.0 Å². The highest BCUT2D eigenvalue weighted by Gasteiger charge is 2.33. The van der Waals surface area contributed by atoms with Gasteiger partial charge < -0.3 is 15.0 Å². The Labute approximate surface area is 350 Å². The number of carbonyl (C=O) groups excluding carboxylic acids is 3. The molecular formula is C43H49F2N11O5. The fourth-order valence-electron chi connectivity index (χ4n) is 9.54. The summed E-state index contributed by atoms with van der Waals surface area (Å²) in [5, 5.41) is 13.6. The maximum atomic E-state index is 14.3. The van der Waals surface area contributed by atoms with E-state index in [0.29, 0.717) is 67.2 Å². The van der Waals surface area contributed by atoms with Crippen molar-refractivity contribution in [1.82, 2.24) is 43.7 Å². The Morgan fingerprint density at radius 2 is 1.77 bits per heavy atom. The summed E-state index contributed by atoms with van der Waals surface area (Å²) in [6.45, 7) is 5.02. The summed E-state index contributed by atoms with van der Waals surface area (Å²) in [4.78, 5) is 60.2. The number of nitrogens with one attached hydrogen (secondary N) is 2. The molecule has 1 aromatic carbocycles. The molecular weight excluding hydrogens is 789 g/mol. The number of halogens is 2. The Kier molecular flexibility index (Phi) is 11.4. The van der Waals surface area contributed by atoms with Gasteiger partial charge in [-0.2, -0.15) is 10.2 Å². The lowest BCUT2D eigenvalue weighted by Gasteiger charge is -2.35. The minimum Gasteiger partial charge on any atom is -0.378 e. The first-order valence-corrected chi connectivity index (χ1v) is 21.2. The second-order valence-electron chi connectivity index (χ2n) is 16.7. The molecule has 3 aliphatic heterocycles. The van der Waals surface area contributed by atoms with Crippen molar-refractivity contribution >= 4 is 45.9 Å². The molecule has 4 aromatic heterocycles. The van der Waals surface area contributed by atoms with Crippen LogP contribution in [0.2, 0.25) is 0 Å². The highest BCUT2D eigenvalue weighted by molar-refractivity contribution is 6.08. The minimum atomic E-state index is -2.86. The molecule has 1 aliphatic carbocycles. The van der Waals surface area contributed by atoms with E-state index in [2.05, 4.69) is 47.5 Å². The third kappa shape index (κ3) is 8.28. The van der Waals surface area contributed by atoms with E-state index >= 15 is 0 Å². The smallest absolute Gasteiger partial charge is 0.329 e. The molecule has 3 saturated heterocycles. The van der Waals surface area contributed by atoms with Crippen molar-refractivity contribution in [2.45, 2.75) is 76.3 Å². The number of alkyl halides is 2. The summed E-state index contributed by atoms with van der Waals surface area (Å²) in [6, 6.07) is 6.59. The standard InChI is InChI=1S/C43H49F2N11O5/c1-51-38-29(4-2-6-33(38)56(43(51)60)34-11-12-36(57)49-42(34)59)5-3-16-52-17-13-28(14-18-52)24-27-7-9-30(10-8-27)55-26-32(37(50-55)39(44)45)47-41(58)31-25-46-54-19-15-35(48-40(31)54)53-20-22-61-23-21-53/h2,4,6,15,19,25-28,30,34,39H,7-14,16-18,20-24H2,1H3,(H,47,58)(H,49,57,59). The minimum absolute atomic E-state index is 0.00574. The number of imidazole rings is 1. The third-order valence-electron chi connectivity index (χ3n) is 12.9. The van der Waals surface area contributed by atoms with Crippen LogP contribution in [-0.4, -0.2) is 102 Å². The average molecular weight is 838 g/mol. The predicted molar refractivity (Wildman–Crippen MR) is 221 cm³/mol. The van der Waals surface area contributed by atoms with E-state index in [-0.39, 0.29) is 41.7 Å². The van der Waals surface area contributed by atoms with Crippen LogP contribution in [0.15, 0.2) is 47.7 Å². The van der Waals surface area contributed by atoms with Crippen LogP contribution in [0.5, 0.6) is 0 Å². The second-order valence-corrected chi connectivity index (χ2v) is 16.7. The lowest BCUT2D eigenvalue weighted by molar-refractivity contribution is -0.135. The third-order valence-corrected chi connectivity index (χ3v) is 12.9. The normalized spacial score (nSPS) is 21.8. The molecule has 16 nitrogen and oxygen atoms in total. The number of hydrogen-bond donors (Lipinski definition) is 2. The Bertz CT molecular complexity index is 2580. The van der Waals surface area contributed by atoms with Crippen LogP contribution < -0.4 is 21.2 Å². The summed E-state index contributed by atoms with van der Waals surface area (Å²) < 4.78 is 40.1. The summed E-state index contributed by atoms with van der Waals surface area (Å²) in [6.07, 6.45) is 9.20. The zero-order valence-electron chi connectivity index (χ0n) is 34.1. The van der Waals surface area contributed by atoms with E-state index in [1.54, 1.807) is 24.1 Å². The van der Waals surface area contributed by atoms with Gasteiger partial charge in [-0.15, -0.1) is 0 Å². The van der Waals surface area contributed by atoms with Crippen LogP contribution in [-0.2, 0) is 21.4 Å². The molecule has 0 bridgehead atoms. The highest BCUT2D eigenvalue weighted by Crippen LogP contribution is 2.39. The van der Waals surface area contributed by atoms with Gasteiger partial charge in [0.25, 0.3) is 12.3 Å². The summed E-state index contributed by atoms with van der Waals surface area (Å²) in [7, 11) is 1.68. The number of rotatable bonds is 9. The molecule has 61 heavy (non-hydrogen) atoms. The molecule has 5 aromatic rings. The number of piperidine rings is 2. The predicted octanol–water partition coefficient (Wildman–Crippen LogP) is 4.47. The van der Waals surface area contributed by atoms with Gasteiger partial charge in [0, 0.05) is 39.0 Å². The van der Waals surface area contributed by atoms with Gasteiger partial charge in [0.05, 0.1) is 54.3 Å². The fraction of sp³-hybridized carbons (Fsp3) is 0.512. The Morgan fingerprint density at radius 1 is 1.00 bits per heavy atom. The summed E-state index contributed by atoms with van der Waals surface area (Å²) in [5.41, 5.74) is 1.77. The topological polar surface area (TPSA) is 166 Å². The first-order valence-electron chi connectivity index (χ1n) is 21.2. The van der Waals surface area contributed by atoms with Crippen molar-refractivity contribution in [3.8, 4) is 11.8 Å². The number of nitrogens with zero attached hydrogens (tertiary/aromatic N) is 9. The van der Waals surface area contributed by atoms with Crippen molar-refractivity contribution in [3.63, 3.8) is 0 Å². The molecule has 18 heteroatoms. The zero-order chi connectivity index (χ0) is 42.2. The lowest BCUT2D eigenvalue weighted by Crippen LogP contribution is -2.44. The summed E-state index contributed by atoms with van der Waals surface area (Å²) in [5.74, 6) is 7.09. The van der Waals surface area contributed by atoms with E-state index in [1.807, 2.05) is 24.3 Å². The van der Waals surface area contributed by atoms with Crippen molar-refractivity contribution in [2.24, 2.45) is 18.9 Å². The maximum absolute atomic E-state index is 14.3. The van der Waals surface area contributed by atoms with Crippen molar-refractivity contribution in [3.05, 3.63) is 70.2 Å². The van der Waals surface area contributed by atoms with Gasteiger partial charge in [0.1, 0.15) is 17.4 Å². The number of amides is 3. The van der Waals surface area contributed by atoms with Gasteiger partial charge in [0.2, 0.25) is 11.8 Å². The number of aryl methyl sites for hydroxylation is 1. The van der Waals surface area contributed by atoms with Gasteiger partial charge in [-0.3, -0.25) is 38.4 Å². The average Bonchev–Trinajstić information content (AvgIpc) is 3.96. The number of hydrogen-bond acceptors (Lipinski definition) is 10. The molecule has 4 aliphatic rings. The number of aromatic nitrogens is 7. The van der Waals surface area contributed by atoms with Crippen LogP contribution >= 0.6 is 0 Å². The van der Waals surface area contributed by atoms with Crippen molar-refractivity contribution in [1.29, 1.82) is 0 Å². The number of likely N-dealkylation sites (tertiary alicyclic amines) is 1. The molecule has 9 rings (SSSR count). The number of benzene rings is 1. The number of para-hydroxylation sites is 1. The Hall–Kier alpha value is -5.93. The molecule has 1 atom stereocenters. The number of carbonyl (C=O) groups is 3. The van der Waals surface area contributed by atoms with Gasteiger partial charge in [-0.1, -0.05) is 17.9 Å². The molecule has 1 saturated carbocycles. The van der Waals surface area contributed by atoms with Gasteiger partial charge in [-0.05, 0) is 94.5 Å². The molecule has 4 fully saturated rings. The monoisotopic (exact) mass is 837 g/mol. The largest absolute Gasteiger partial charge is 0.378 e.